The van der Waals surface area contributed by atoms with Crippen molar-refractivity contribution >= 4 is 10.0 Å². The Morgan fingerprint density at radius 1 is 1.23 bits per heavy atom. The van der Waals surface area contributed by atoms with E-state index in [0.29, 0.717) is 17.0 Å². The van der Waals surface area contributed by atoms with Gasteiger partial charge in [0.1, 0.15) is 0 Å². The highest BCUT2D eigenvalue weighted by molar-refractivity contribution is 7.89. The molecule has 1 aromatic carbocycles. The predicted molar refractivity (Wildman–Crippen MR) is 91.3 cm³/mol. The minimum Gasteiger partial charge on any atom is -0.491 e. The second-order valence-corrected chi connectivity index (χ2v) is 6.98. The van der Waals surface area contributed by atoms with Crippen molar-refractivity contribution in [3.05, 3.63) is 60.7 Å². The van der Waals surface area contributed by atoms with Crippen LogP contribution >= 0.6 is 0 Å². The standard InChI is InChI=1S/C17H16FN3O4S/c1-2-25-16-4-3-13(9-14(16)18)26(22,23)21-10-15-17(20-7-6-19-15)12-5-8-24-11-12/h3-9,11,21H,2,10H2,1H3. The van der Waals surface area contributed by atoms with E-state index >= 15 is 0 Å². The Bertz CT molecular complexity index is 991. The van der Waals surface area contributed by atoms with Gasteiger partial charge in [-0.2, -0.15) is 0 Å². The molecule has 0 saturated carbocycles. The average Bonchev–Trinajstić information content (AvgIpc) is 3.16. The first kappa shape index (κ1) is 18.0. The molecule has 0 aliphatic rings. The molecule has 3 rings (SSSR count). The summed E-state index contributed by atoms with van der Waals surface area (Å²) in [6, 6.07) is 5.18. The number of halogens is 1. The van der Waals surface area contributed by atoms with Gasteiger partial charge >= 0.3 is 0 Å². The van der Waals surface area contributed by atoms with E-state index in [1.165, 1.54) is 37.1 Å². The summed E-state index contributed by atoms with van der Waals surface area (Å²) in [6.07, 6.45) is 5.94. The van der Waals surface area contributed by atoms with Crippen LogP contribution in [0.25, 0.3) is 11.3 Å². The Kier molecular flexibility index (Phi) is 5.29. The van der Waals surface area contributed by atoms with Crippen molar-refractivity contribution in [2.75, 3.05) is 6.61 Å². The number of aromatic nitrogens is 2. The monoisotopic (exact) mass is 377 g/mol. The molecule has 0 fully saturated rings. The Balaban J connectivity index is 1.81. The van der Waals surface area contributed by atoms with Crippen LogP contribution in [0.5, 0.6) is 5.75 Å². The van der Waals surface area contributed by atoms with E-state index < -0.39 is 15.8 Å². The number of benzene rings is 1. The van der Waals surface area contributed by atoms with E-state index in [4.69, 9.17) is 9.15 Å². The summed E-state index contributed by atoms with van der Waals surface area (Å²) in [5.74, 6) is -0.740. The highest BCUT2D eigenvalue weighted by atomic mass is 32.2. The number of nitrogens with one attached hydrogen (secondary N) is 1. The minimum atomic E-state index is -3.94. The topological polar surface area (TPSA) is 94.3 Å². The molecule has 0 radical (unpaired) electrons. The lowest BCUT2D eigenvalue weighted by Gasteiger charge is -2.10. The quantitative estimate of drug-likeness (QED) is 0.680. The Morgan fingerprint density at radius 3 is 2.73 bits per heavy atom. The van der Waals surface area contributed by atoms with Crippen LogP contribution in [0.4, 0.5) is 4.39 Å². The summed E-state index contributed by atoms with van der Waals surface area (Å²) in [4.78, 5) is 8.17. The number of sulfonamides is 1. The molecule has 2 aromatic heterocycles. The van der Waals surface area contributed by atoms with Crippen molar-refractivity contribution in [2.45, 2.75) is 18.4 Å². The van der Waals surface area contributed by atoms with Gasteiger partial charge in [0.25, 0.3) is 0 Å². The van der Waals surface area contributed by atoms with E-state index in [1.807, 2.05) is 0 Å². The van der Waals surface area contributed by atoms with Gasteiger partial charge in [0.2, 0.25) is 10.0 Å². The first-order chi connectivity index (χ1) is 12.5. The number of hydrogen-bond donors (Lipinski definition) is 1. The number of furan rings is 1. The maximum Gasteiger partial charge on any atom is 0.241 e. The van der Waals surface area contributed by atoms with E-state index in [-0.39, 0.29) is 23.8 Å². The van der Waals surface area contributed by atoms with Gasteiger partial charge in [0.05, 0.1) is 42.0 Å². The lowest BCUT2D eigenvalue weighted by atomic mass is 10.2. The van der Waals surface area contributed by atoms with Crippen molar-refractivity contribution in [3.8, 4) is 17.0 Å². The summed E-state index contributed by atoms with van der Waals surface area (Å²) in [5.41, 5.74) is 1.60. The third kappa shape index (κ3) is 3.89. The third-order valence-corrected chi connectivity index (χ3v) is 4.91. The largest absolute Gasteiger partial charge is 0.491 e. The van der Waals surface area contributed by atoms with Crippen LogP contribution in [0.15, 0.2) is 58.5 Å². The fraction of sp³-hybridized carbons (Fsp3) is 0.176. The first-order valence-corrected chi connectivity index (χ1v) is 9.24. The van der Waals surface area contributed by atoms with Crippen LogP contribution in [0.1, 0.15) is 12.6 Å². The predicted octanol–water partition coefficient (Wildman–Crippen LogP) is 2.75. The molecule has 2 heterocycles. The van der Waals surface area contributed by atoms with Gasteiger partial charge in [-0.15, -0.1) is 0 Å². The first-order valence-electron chi connectivity index (χ1n) is 7.75. The Morgan fingerprint density at radius 2 is 2.04 bits per heavy atom. The summed E-state index contributed by atoms with van der Waals surface area (Å²) in [6.45, 7) is 1.89. The molecule has 0 aliphatic carbocycles. The van der Waals surface area contributed by atoms with Crippen molar-refractivity contribution in [2.24, 2.45) is 0 Å². The molecule has 136 valence electrons. The lowest BCUT2D eigenvalue weighted by molar-refractivity contribution is 0.321. The van der Waals surface area contributed by atoms with Crippen molar-refractivity contribution in [1.82, 2.24) is 14.7 Å². The van der Waals surface area contributed by atoms with Crippen LogP contribution in [0.3, 0.4) is 0 Å². The van der Waals surface area contributed by atoms with Gasteiger partial charge in [0, 0.05) is 18.0 Å². The Labute approximate surface area is 149 Å². The van der Waals surface area contributed by atoms with Crippen molar-refractivity contribution < 1.29 is 22.0 Å². The van der Waals surface area contributed by atoms with E-state index in [2.05, 4.69) is 14.7 Å². The van der Waals surface area contributed by atoms with Gasteiger partial charge in [0.15, 0.2) is 11.6 Å². The molecular weight excluding hydrogens is 361 g/mol. The fourth-order valence-corrected chi connectivity index (χ4v) is 3.30. The zero-order chi connectivity index (χ0) is 18.6. The molecule has 0 atom stereocenters. The van der Waals surface area contributed by atoms with E-state index in [1.54, 1.807) is 13.0 Å². The molecule has 9 heteroatoms. The molecule has 0 saturated heterocycles. The summed E-state index contributed by atoms with van der Waals surface area (Å²) >= 11 is 0. The molecular formula is C17H16FN3O4S. The van der Waals surface area contributed by atoms with Crippen LogP contribution in [-0.2, 0) is 16.6 Å². The summed E-state index contributed by atoms with van der Waals surface area (Å²) < 4.78 is 51.3. The molecule has 0 aliphatic heterocycles. The van der Waals surface area contributed by atoms with Crippen molar-refractivity contribution in [1.29, 1.82) is 0 Å². The van der Waals surface area contributed by atoms with Gasteiger partial charge in [-0.1, -0.05) is 0 Å². The molecule has 0 spiro atoms. The highest BCUT2D eigenvalue weighted by Crippen LogP contribution is 2.22. The number of hydrogen-bond acceptors (Lipinski definition) is 6. The summed E-state index contributed by atoms with van der Waals surface area (Å²) in [5, 5.41) is 0. The van der Waals surface area contributed by atoms with Crippen LogP contribution in [0, 0.1) is 5.82 Å². The fourth-order valence-electron chi connectivity index (χ4n) is 2.30. The maximum atomic E-state index is 13.9. The molecule has 7 nitrogen and oxygen atoms in total. The Hall–Kier alpha value is -2.78. The van der Waals surface area contributed by atoms with Gasteiger partial charge < -0.3 is 9.15 Å². The van der Waals surface area contributed by atoms with E-state index in [0.717, 1.165) is 6.07 Å². The lowest BCUT2D eigenvalue weighted by Crippen LogP contribution is -2.24. The second kappa shape index (κ2) is 7.63. The second-order valence-electron chi connectivity index (χ2n) is 5.21. The van der Waals surface area contributed by atoms with Crippen LogP contribution in [0.2, 0.25) is 0 Å². The SMILES string of the molecule is CCOc1ccc(S(=O)(=O)NCc2nccnc2-c2ccoc2)cc1F. The minimum absolute atomic E-state index is 0.00243. The normalized spacial score (nSPS) is 11.5. The molecule has 0 amide bonds. The molecule has 26 heavy (non-hydrogen) atoms. The zero-order valence-electron chi connectivity index (χ0n) is 13.8. The maximum absolute atomic E-state index is 13.9. The molecule has 3 aromatic rings. The molecule has 0 bridgehead atoms. The zero-order valence-corrected chi connectivity index (χ0v) is 14.7. The molecule has 0 unspecified atom stereocenters. The van der Waals surface area contributed by atoms with Crippen molar-refractivity contribution in [3.63, 3.8) is 0 Å². The smallest absolute Gasteiger partial charge is 0.241 e. The van der Waals surface area contributed by atoms with Crippen LogP contribution < -0.4 is 9.46 Å². The van der Waals surface area contributed by atoms with Crippen LogP contribution in [-0.4, -0.2) is 25.0 Å². The highest BCUT2D eigenvalue weighted by Gasteiger charge is 2.18. The van der Waals surface area contributed by atoms with Gasteiger partial charge in [-0.25, -0.2) is 17.5 Å². The van der Waals surface area contributed by atoms with Gasteiger partial charge in [-0.05, 0) is 31.2 Å². The van der Waals surface area contributed by atoms with E-state index in [9.17, 15) is 12.8 Å². The summed E-state index contributed by atoms with van der Waals surface area (Å²) in [7, 11) is -3.94. The number of rotatable bonds is 7. The third-order valence-electron chi connectivity index (χ3n) is 3.51. The number of ether oxygens (including phenoxy) is 1. The van der Waals surface area contributed by atoms with Gasteiger partial charge in [-0.3, -0.25) is 9.97 Å². The molecule has 1 N–H and O–H groups in total. The number of nitrogens with zero attached hydrogens (tertiary/aromatic N) is 2. The average molecular weight is 377 g/mol.